The lowest BCUT2D eigenvalue weighted by atomic mass is 9.84. The first-order chi connectivity index (χ1) is 28.9. The van der Waals surface area contributed by atoms with Crippen LogP contribution in [0.4, 0.5) is 0 Å². The Labute approximate surface area is 340 Å². The molecule has 7 heterocycles. The van der Waals surface area contributed by atoms with E-state index in [1.807, 2.05) is 18.2 Å². The Morgan fingerprint density at radius 1 is 0.533 bits per heavy atom. The zero-order valence-electron chi connectivity index (χ0n) is 31.7. The molecule has 10 N–H and O–H groups in total. The number of hydrogen-bond donors (Lipinski definition) is 10. The predicted octanol–water partition coefficient (Wildman–Crippen LogP) is -3.95. The molecule has 5 saturated heterocycles. The number of aliphatic hydroxyl groups excluding tert-OH is 10. The molecule has 332 valence electrons. The second-order valence-corrected chi connectivity index (χ2v) is 15.7. The van der Waals surface area contributed by atoms with Crippen LogP contribution < -0.4 is 23.7 Å². The first-order valence-corrected chi connectivity index (χ1v) is 19.6. The summed E-state index contributed by atoms with van der Waals surface area (Å²) in [6, 6.07) is 8.83. The van der Waals surface area contributed by atoms with Crippen LogP contribution in [0.3, 0.4) is 0 Å². The molecule has 5 fully saturated rings. The van der Waals surface area contributed by atoms with Crippen LogP contribution in [0.15, 0.2) is 30.3 Å². The predicted molar refractivity (Wildman–Crippen MR) is 189 cm³/mol. The van der Waals surface area contributed by atoms with E-state index in [0.717, 1.165) is 5.56 Å². The topological polar surface area (TPSA) is 313 Å². The molecule has 0 saturated carbocycles. The molecule has 2 aromatic carbocycles. The van der Waals surface area contributed by atoms with Crippen LogP contribution >= 0.6 is 0 Å². The third-order valence-electron chi connectivity index (χ3n) is 12.1. The molecule has 0 radical (unpaired) electrons. The molecule has 60 heavy (non-hydrogen) atoms. The maximum atomic E-state index is 11.8. The van der Waals surface area contributed by atoms with Crippen molar-refractivity contribution >= 4 is 0 Å². The summed E-state index contributed by atoms with van der Waals surface area (Å²) in [6.07, 6.45) is -26.6. The molecule has 9 rings (SSSR count). The lowest BCUT2D eigenvalue weighted by Crippen LogP contribution is -2.65. The van der Waals surface area contributed by atoms with Crippen LogP contribution in [0, 0.1) is 11.8 Å². The summed E-state index contributed by atoms with van der Waals surface area (Å²) in [5.74, 6) is 1.77. The normalized spacial score (nSPS) is 43.3. The molecule has 7 aliphatic rings. The fraction of sp³-hybridized carbons (Fsp3) is 0.684. The first-order valence-electron chi connectivity index (χ1n) is 19.6. The van der Waals surface area contributed by atoms with E-state index in [0.29, 0.717) is 41.8 Å². The van der Waals surface area contributed by atoms with Crippen LogP contribution in [0.2, 0.25) is 0 Å². The van der Waals surface area contributed by atoms with E-state index in [4.69, 9.17) is 56.8 Å². The number of aliphatic hydroxyl groups is 10. The molecular weight excluding hydrogens is 808 g/mol. The van der Waals surface area contributed by atoms with E-state index in [9.17, 15) is 51.1 Å². The zero-order chi connectivity index (χ0) is 42.0. The van der Waals surface area contributed by atoms with Gasteiger partial charge in [-0.25, -0.2) is 0 Å². The highest BCUT2D eigenvalue weighted by Gasteiger charge is 2.54. The van der Waals surface area contributed by atoms with Crippen LogP contribution in [-0.4, -0.2) is 190 Å². The molecule has 0 amide bonds. The SMILES string of the molecule is OC[C@@H]1OC(O[C@H]2[C@H](O)[C@H](Oc3cc4c(cc3[C@H]3OC[C@H]5[C@@H]3CO[C@@H]5c3ccc5c(c3)OCO5)OCO4)O[C@@H](CO[C@@H]3O[C@H](CO)[C@@H](O)[C@H](O)[C@H]3O)[C@@H]2O)[C@@H](O)[C@H](O)[C@H]1O. The molecule has 22 nitrogen and oxygen atoms in total. The van der Waals surface area contributed by atoms with E-state index in [1.54, 1.807) is 6.07 Å². The second kappa shape index (κ2) is 17.1. The average Bonchev–Trinajstić information content (AvgIpc) is 4.08. The maximum Gasteiger partial charge on any atom is 0.231 e. The van der Waals surface area contributed by atoms with E-state index >= 15 is 0 Å². The summed E-state index contributed by atoms with van der Waals surface area (Å²) in [6.45, 7) is -1.52. The fourth-order valence-electron chi connectivity index (χ4n) is 8.72. The third-order valence-corrected chi connectivity index (χ3v) is 12.1. The minimum absolute atomic E-state index is 0.0910. The van der Waals surface area contributed by atoms with Gasteiger partial charge in [0.05, 0.1) is 45.2 Å². The van der Waals surface area contributed by atoms with Gasteiger partial charge in [0.15, 0.2) is 35.6 Å². The van der Waals surface area contributed by atoms with Crippen molar-refractivity contribution in [1.82, 2.24) is 0 Å². The molecule has 0 spiro atoms. The van der Waals surface area contributed by atoms with Gasteiger partial charge in [-0.1, -0.05) is 6.07 Å². The number of fused-ring (bicyclic) bond motifs is 3. The van der Waals surface area contributed by atoms with Crippen molar-refractivity contribution in [2.24, 2.45) is 11.8 Å². The summed E-state index contributed by atoms with van der Waals surface area (Å²) in [5.41, 5.74) is 1.36. The number of rotatable bonds is 11. The minimum Gasteiger partial charge on any atom is -0.461 e. The molecule has 1 unspecified atom stereocenters. The summed E-state index contributed by atoms with van der Waals surface area (Å²) >= 11 is 0. The summed E-state index contributed by atoms with van der Waals surface area (Å²) < 4.78 is 70.2. The summed E-state index contributed by atoms with van der Waals surface area (Å²) in [7, 11) is 0. The van der Waals surface area contributed by atoms with Crippen LogP contribution in [-0.2, 0) is 33.2 Å². The van der Waals surface area contributed by atoms with Crippen molar-refractivity contribution in [3.63, 3.8) is 0 Å². The Kier molecular flexibility index (Phi) is 12.0. The van der Waals surface area contributed by atoms with Crippen molar-refractivity contribution < 1.29 is 108 Å². The second-order valence-electron chi connectivity index (χ2n) is 15.7. The van der Waals surface area contributed by atoms with Gasteiger partial charge in [0.1, 0.15) is 79.0 Å². The standard InChI is InChI=1S/C38H48O22/c39-6-22-25(41)28(44)30(46)36(57-22)51-10-24-27(43)35(60-37-31(47)29(45)26(42)23(7-40)58-37)32(48)38(59-24)56-18-5-21-20(54-12-55-21)4-14(18)34-16-9-49-33(15(16)8-50-34)13-1-2-17-19(3-13)53-11-52-17/h1-5,15-16,22-48H,6-12H2/t15-,16-,22+,23-,24-,25+,26-,27-,28-,29+,30+,31-,32-,33+,34+,35+,36+,37?,38+/m0/s1. The molecule has 0 aromatic heterocycles. The largest absolute Gasteiger partial charge is 0.461 e. The summed E-state index contributed by atoms with van der Waals surface area (Å²) in [5, 5.41) is 105. The molecule has 0 bridgehead atoms. The van der Waals surface area contributed by atoms with Gasteiger partial charge in [0.2, 0.25) is 19.9 Å². The third kappa shape index (κ3) is 7.55. The van der Waals surface area contributed by atoms with E-state index < -0.39 is 118 Å². The lowest BCUT2D eigenvalue weighted by Gasteiger charge is -2.46. The smallest absolute Gasteiger partial charge is 0.231 e. The van der Waals surface area contributed by atoms with Gasteiger partial charge >= 0.3 is 0 Å². The van der Waals surface area contributed by atoms with Gasteiger partial charge < -0.3 is 108 Å². The van der Waals surface area contributed by atoms with Crippen molar-refractivity contribution in [3.05, 3.63) is 41.5 Å². The van der Waals surface area contributed by atoms with Gasteiger partial charge in [-0.15, -0.1) is 0 Å². The zero-order valence-corrected chi connectivity index (χ0v) is 31.7. The van der Waals surface area contributed by atoms with E-state index in [1.165, 1.54) is 6.07 Å². The lowest BCUT2D eigenvalue weighted by molar-refractivity contribution is -0.359. The maximum absolute atomic E-state index is 11.8. The van der Waals surface area contributed by atoms with Gasteiger partial charge in [-0.3, -0.25) is 0 Å². The Balaban J connectivity index is 0.988. The molecule has 7 aliphatic heterocycles. The number of ether oxygens (including phenoxy) is 12. The summed E-state index contributed by atoms with van der Waals surface area (Å²) in [4.78, 5) is 0. The minimum atomic E-state index is -1.92. The highest BCUT2D eigenvalue weighted by atomic mass is 16.8. The monoisotopic (exact) mass is 856 g/mol. The molecule has 19 atom stereocenters. The van der Waals surface area contributed by atoms with Gasteiger partial charge in [0.25, 0.3) is 0 Å². The van der Waals surface area contributed by atoms with Crippen molar-refractivity contribution in [1.29, 1.82) is 0 Å². The molecular formula is C38H48O22. The van der Waals surface area contributed by atoms with E-state index in [-0.39, 0.29) is 37.3 Å². The Hall–Kier alpha value is -3.24. The highest BCUT2D eigenvalue weighted by Crippen LogP contribution is 2.54. The highest BCUT2D eigenvalue weighted by molar-refractivity contribution is 5.53. The number of hydrogen-bond acceptors (Lipinski definition) is 22. The van der Waals surface area contributed by atoms with Crippen LogP contribution in [0.5, 0.6) is 28.7 Å². The van der Waals surface area contributed by atoms with Crippen LogP contribution in [0.25, 0.3) is 0 Å². The van der Waals surface area contributed by atoms with Crippen molar-refractivity contribution in [2.45, 2.75) is 104 Å². The fourth-order valence-corrected chi connectivity index (χ4v) is 8.72. The first kappa shape index (κ1) is 42.1. The molecule has 0 aliphatic carbocycles. The average molecular weight is 857 g/mol. The Morgan fingerprint density at radius 2 is 1.10 bits per heavy atom. The van der Waals surface area contributed by atoms with E-state index in [2.05, 4.69) is 0 Å². The Morgan fingerprint density at radius 3 is 1.78 bits per heavy atom. The van der Waals surface area contributed by atoms with Gasteiger partial charge in [-0.2, -0.15) is 0 Å². The quantitative estimate of drug-likeness (QED) is 0.103. The van der Waals surface area contributed by atoms with Gasteiger partial charge in [0, 0.05) is 23.5 Å². The van der Waals surface area contributed by atoms with Crippen LogP contribution in [0.1, 0.15) is 23.3 Å². The van der Waals surface area contributed by atoms with Gasteiger partial charge in [-0.05, 0) is 23.8 Å². The van der Waals surface area contributed by atoms with Crippen molar-refractivity contribution in [2.75, 3.05) is 46.6 Å². The molecule has 2 aromatic rings. The Bertz CT molecular complexity index is 1820. The number of benzene rings is 2. The van der Waals surface area contributed by atoms with Crippen molar-refractivity contribution in [3.8, 4) is 28.7 Å². The molecule has 22 heteroatoms.